The first-order valence-electron chi connectivity index (χ1n) is 10.3. The molecule has 32 heavy (non-hydrogen) atoms. The monoisotopic (exact) mass is 454 g/mol. The van der Waals surface area contributed by atoms with Gasteiger partial charge in [-0.3, -0.25) is 19.7 Å². The number of anilines is 1. The predicted molar refractivity (Wildman–Crippen MR) is 119 cm³/mol. The molecule has 3 N–H and O–H groups in total. The zero-order valence-electron chi connectivity index (χ0n) is 17.8. The quantitative estimate of drug-likeness (QED) is 0.617. The summed E-state index contributed by atoms with van der Waals surface area (Å²) < 4.78 is 0. The molecule has 0 spiro atoms. The van der Waals surface area contributed by atoms with E-state index in [0.29, 0.717) is 22.8 Å². The Bertz CT molecular complexity index is 1150. The van der Waals surface area contributed by atoms with Gasteiger partial charge in [-0.25, -0.2) is 4.79 Å². The zero-order valence-corrected chi connectivity index (χ0v) is 18.5. The van der Waals surface area contributed by atoms with Gasteiger partial charge in [0.05, 0.1) is 0 Å². The van der Waals surface area contributed by atoms with Gasteiger partial charge in [-0.05, 0) is 55.2 Å². The molecule has 8 nitrogen and oxygen atoms in total. The molecule has 2 aromatic carbocycles. The molecule has 9 heteroatoms. The molecule has 0 unspecified atom stereocenters. The maximum absolute atomic E-state index is 13.1. The van der Waals surface area contributed by atoms with Crippen molar-refractivity contribution in [1.82, 2.24) is 15.5 Å². The number of carbonyl (C=O) groups excluding carboxylic acids is 4. The SMILES string of the molecule is Cc1ccc(NC(=O)NCc2ccc3c(c2)C(=O)N([C@@]2(C)CCC(=O)NC2=O)C3)cc1Cl. The van der Waals surface area contributed by atoms with Crippen molar-refractivity contribution < 1.29 is 19.2 Å². The molecule has 2 heterocycles. The number of benzene rings is 2. The van der Waals surface area contributed by atoms with Crippen molar-refractivity contribution in [3.05, 3.63) is 63.7 Å². The van der Waals surface area contributed by atoms with Crippen molar-refractivity contribution in [2.75, 3.05) is 5.32 Å². The van der Waals surface area contributed by atoms with Crippen LogP contribution in [0, 0.1) is 6.92 Å². The summed E-state index contributed by atoms with van der Waals surface area (Å²) in [7, 11) is 0. The number of amides is 5. The van der Waals surface area contributed by atoms with Gasteiger partial charge in [0.15, 0.2) is 0 Å². The number of urea groups is 1. The van der Waals surface area contributed by atoms with Crippen LogP contribution < -0.4 is 16.0 Å². The summed E-state index contributed by atoms with van der Waals surface area (Å²) >= 11 is 6.08. The minimum absolute atomic E-state index is 0.193. The summed E-state index contributed by atoms with van der Waals surface area (Å²) in [5.74, 6) is -1.03. The molecule has 0 aromatic heterocycles. The lowest BCUT2D eigenvalue weighted by Crippen LogP contribution is -2.61. The number of nitrogens with one attached hydrogen (secondary N) is 3. The zero-order chi connectivity index (χ0) is 23.0. The number of piperidine rings is 1. The van der Waals surface area contributed by atoms with Crippen LogP contribution in [0.2, 0.25) is 5.02 Å². The molecule has 2 aliphatic rings. The number of hydrogen-bond donors (Lipinski definition) is 3. The third kappa shape index (κ3) is 4.05. The normalized spacial score (nSPS) is 20.1. The van der Waals surface area contributed by atoms with E-state index in [0.717, 1.165) is 16.7 Å². The van der Waals surface area contributed by atoms with Crippen LogP contribution in [0.4, 0.5) is 10.5 Å². The third-order valence-corrected chi connectivity index (χ3v) is 6.44. The fourth-order valence-corrected chi connectivity index (χ4v) is 4.12. The second kappa shape index (κ2) is 8.27. The fraction of sp³-hybridized carbons (Fsp3) is 0.304. The molecule has 2 aromatic rings. The highest BCUT2D eigenvalue weighted by atomic mass is 35.5. The lowest BCUT2D eigenvalue weighted by Gasteiger charge is -2.39. The van der Waals surface area contributed by atoms with E-state index in [2.05, 4.69) is 16.0 Å². The van der Waals surface area contributed by atoms with Crippen LogP contribution in [0.3, 0.4) is 0 Å². The second-order valence-corrected chi connectivity index (χ2v) is 8.71. The van der Waals surface area contributed by atoms with Gasteiger partial charge in [0, 0.05) is 35.8 Å². The van der Waals surface area contributed by atoms with Crippen molar-refractivity contribution in [3.8, 4) is 0 Å². The van der Waals surface area contributed by atoms with Crippen LogP contribution in [-0.2, 0) is 22.7 Å². The first kappa shape index (κ1) is 21.8. The Morgan fingerprint density at radius 1 is 1.19 bits per heavy atom. The van der Waals surface area contributed by atoms with Crippen molar-refractivity contribution in [2.45, 2.75) is 45.3 Å². The Hall–Kier alpha value is -3.39. The number of fused-ring (bicyclic) bond motifs is 1. The number of carbonyl (C=O) groups is 4. The van der Waals surface area contributed by atoms with Gasteiger partial charge in [-0.2, -0.15) is 0 Å². The highest BCUT2D eigenvalue weighted by molar-refractivity contribution is 6.31. The van der Waals surface area contributed by atoms with E-state index in [1.54, 1.807) is 25.1 Å². The molecule has 1 fully saturated rings. The first-order valence-corrected chi connectivity index (χ1v) is 10.6. The number of aryl methyl sites for hydroxylation is 1. The van der Waals surface area contributed by atoms with Crippen LogP contribution in [0.15, 0.2) is 36.4 Å². The summed E-state index contributed by atoms with van der Waals surface area (Å²) in [4.78, 5) is 50.8. The molecule has 0 radical (unpaired) electrons. The highest BCUT2D eigenvalue weighted by Gasteiger charge is 2.48. The number of rotatable bonds is 4. The number of imide groups is 1. The topological polar surface area (TPSA) is 108 Å². The van der Waals surface area contributed by atoms with Crippen LogP contribution in [0.25, 0.3) is 0 Å². The summed E-state index contributed by atoms with van der Waals surface area (Å²) in [6.07, 6.45) is 0.480. The molecule has 1 saturated heterocycles. The molecule has 5 amide bonds. The molecule has 0 aliphatic carbocycles. The lowest BCUT2D eigenvalue weighted by molar-refractivity contribution is -0.142. The Balaban J connectivity index is 1.41. The Morgan fingerprint density at radius 3 is 2.69 bits per heavy atom. The highest BCUT2D eigenvalue weighted by Crippen LogP contribution is 2.34. The number of nitrogens with zero attached hydrogens (tertiary/aromatic N) is 1. The molecular formula is C23H23ClN4O4. The Labute approximate surface area is 190 Å². The van der Waals surface area contributed by atoms with Gasteiger partial charge < -0.3 is 15.5 Å². The van der Waals surface area contributed by atoms with E-state index in [1.165, 1.54) is 4.90 Å². The molecule has 1 atom stereocenters. The largest absolute Gasteiger partial charge is 0.334 e. The van der Waals surface area contributed by atoms with Crippen LogP contribution in [0.5, 0.6) is 0 Å². The number of halogens is 1. The average Bonchev–Trinajstić information content (AvgIpc) is 3.09. The van der Waals surface area contributed by atoms with E-state index < -0.39 is 17.5 Å². The standard InChI is InChI=1S/C23H23ClN4O4/c1-13-3-6-16(10-18(13)24)26-22(32)25-11-14-4-5-15-12-28(20(30)17(15)9-14)23(2)8-7-19(29)27-21(23)31/h3-6,9-10H,7-8,11-12H2,1-2H3,(H2,25,26,32)(H,27,29,31)/t23-/m0/s1. The van der Waals surface area contributed by atoms with Gasteiger partial charge in [0.2, 0.25) is 5.91 Å². The average molecular weight is 455 g/mol. The van der Waals surface area contributed by atoms with E-state index in [4.69, 9.17) is 11.6 Å². The molecule has 2 aliphatic heterocycles. The summed E-state index contributed by atoms with van der Waals surface area (Å²) in [5, 5.41) is 8.38. The molecular weight excluding hydrogens is 432 g/mol. The van der Waals surface area contributed by atoms with Crippen molar-refractivity contribution in [1.29, 1.82) is 0 Å². The van der Waals surface area contributed by atoms with Gasteiger partial charge >= 0.3 is 6.03 Å². The van der Waals surface area contributed by atoms with Gasteiger partial charge in [-0.15, -0.1) is 0 Å². The number of hydrogen-bond acceptors (Lipinski definition) is 4. The maximum Gasteiger partial charge on any atom is 0.319 e. The predicted octanol–water partition coefficient (Wildman–Crippen LogP) is 3.12. The first-order chi connectivity index (χ1) is 15.2. The molecule has 0 saturated carbocycles. The van der Waals surface area contributed by atoms with E-state index in [9.17, 15) is 19.2 Å². The lowest BCUT2D eigenvalue weighted by atomic mass is 9.89. The van der Waals surface area contributed by atoms with Gasteiger partial charge in [0.25, 0.3) is 11.8 Å². The van der Waals surface area contributed by atoms with Gasteiger partial charge in [-0.1, -0.05) is 29.8 Å². The van der Waals surface area contributed by atoms with Crippen molar-refractivity contribution in [2.24, 2.45) is 0 Å². The van der Waals surface area contributed by atoms with Crippen LogP contribution in [-0.4, -0.2) is 34.2 Å². The van der Waals surface area contributed by atoms with E-state index >= 15 is 0 Å². The molecule has 4 rings (SSSR count). The Kier molecular flexibility index (Phi) is 5.64. The maximum atomic E-state index is 13.1. The minimum Gasteiger partial charge on any atom is -0.334 e. The Morgan fingerprint density at radius 2 is 1.97 bits per heavy atom. The molecule has 0 bridgehead atoms. The minimum atomic E-state index is -1.07. The smallest absolute Gasteiger partial charge is 0.319 e. The second-order valence-electron chi connectivity index (χ2n) is 8.31. The fourth-order valence-electron chi connectivity index (χ4n) is 3.94. The summed E-state index contributed by atoms with van der Waals surface area (Å²) in [6, 6.07) is 10.3. The van der Waals surface area contributed by atoms with Crippen LogP contribution >= 0.6 is 11.6 Å². The van der Waals surface area contributed by atoms with Crippen molar-refractivity contribution in [3.63, 3.8) is 0 Å². The summed E-state index contributed by atoms with van der Waals surface area (Å²) in [5.41, 5.74) is 2.49. The van der Waals surface area contributed by atoms with E-state index in [1.807, 2.05) is 25.1 Å². The van der Waals surface area contributed by atoms with E-state index in [-0.39, 0.29) is 31.2 Å². The molecule has 166 valence electrons. The van der Waals surface area contributed by atoms with Gasteiger partial charge in [0.1, 0.15) is 5.54 Å². The third-order valence-electron chi connectivity index (χ3n) is 6.04. The summed E-state index contributed by atoms with van der Waals surface area (Å²) in [6.45, 7) is 4.08. The van der Waals surface area contributed by atoms with Crippen molar-refractivity contribution >= 4 is 41.0 Å². The van der Waals surface area contributed by atoms with Crippen LogP contribution in [0.1, 0.15) is 46.8 Å².